The molecule has 0 fully saturated rings. The van der Waals surface area contributed by atoms with Crippen LogP contribution in [0.2, 0.25) is 0 Å². The number of rotatable bonds is 6. The Labute approximate surface area is 139 Å². The Balaban J connectivity index is 2.01. The normalized spacial score (nSPS) is 10.3. The van der Waals surface area contributed by atoms with Crippen molar-refractivity contribution in [2.24, 2.45) is 0 Å². The van der Waals surface area contributed by atoms with Crippen LogP contribution in [0.25, 0.3) is 0 Å². The van der Waals surface area contributed by atoms with E-state index in [4.69, 9.17) is 0 Å². The molecule has 0 radical (unpaired) electrons. The molecule has 4 nitrogen and oxygen atoms in total. The van der Waals surface area contributed by atoms with Crippen molar-refractivity contribution >= 4 is 33.2 Å². The van der Waals surface area contributed by atoms with E-state index >= 15 is 0 Å². The van der Waals surface area contributed by atoms with E-state index < -0.39 is 0 Å². The average molecular weight is 362 g/mol. The van der Waals surface area contributed by atoms with Crippen molar-refractivity contribution in [2.45, 2.75) is 26.7 Å². The van der Waals surface area contributed by atoms with Gasteiger partial charge in [-0.25, -0.2) is 4.98 Å². The second kappa shape index (κ2) is 7.94. The highest BCUT2D eigenvalue weighted by Gasteiger charge is 2.07. The van der Waals surface area contributed by atoms with Crippen molar-refractivity contribution < 1.29 is 4.79 Å². The number of anilines is 2. The molecule has 1 aromatic heterocycles. The number of carbonyl (C=O) groups is 1. The minimum absolute atomic E-state index is 0.128. The smallest absolute Gasteiger partial charge is 0.269 e. The summed E-state index contributed by atoms with van der Waals surface area (Å²) in [5.74, 6) is -0.128. The van der Waals surface area contributed by atoms with Crippen LogP contribution < -0.4 is 10.6 Å². The van der Waals surface area contributed by atoms with Crippen molar-refractivity contribution in [2.75, 3.05) is 11.9 Å². The third kappa shape index (κ3) is 4.56. The number of nitrogens with one attached hydrogen (secondary N) is 2. The van der Waals surface area contributed by atoms with Crippen molar-refractivity contribution in [3.05, 3.63) is 52.3 Å². The van der Waals surface area contributed by atoms with Crippen LogP contribution in [0.15, 0.2) is 41.0 Å². The standard InChI is InChI=1S/C17H20BrN3O/c1-3-4-9-19-17(22)16-8-6-13(11-20-16)21-15-7-5-12(2)10-14(15)18/h5-8,10-11,21H,3-4,9H2,1-2H3,(H,19,22). The summed E-state index contributed by atoms with van der Waals surface area (Å²) in [6.07, 6.45) is 3.70. The summed E-state index contributed by atoms with van der Waals surface area (Å²) in [6, 6.07) is 9.67. The van der Waals surface area contributed by atoms with Gasteiger partial charge in [0.25, 0.3) is 5.91 Å². The second-order valence-corrected chi connectivity index (χ2v) is 6.00. The van der Waals surface area contributed by atoms with Gasteiger partial charge < -0.3 is 10.6 Å². The molecule has 2 aromatic rings. The summed E-state index contributed by atoms with van der Waals surface area (Å²) in [7, 11) is 0. The number of unbranched alkanes of at least 4 members (excludes halogenated alkanes) is 1. The van der Waals surface area contributed by atoms with E-state index in [1.807, 2.05) is 31.2 Å². The van der Waals surface area contributed by atoms with E-state index in [1.165, 1.54) is 5.56 Å². The number of pyridine rings is 1. The maximum atomic E-state index is 11.9. The molecule has 1 aromatic carbocycles. The van der Waals surface area contributed by atoms with E-state index in [2.05, 4.69) is 38.5 Å². The molecule has 5 heteroatoms. The van der Waals surface area contributed by atoms with Crippen molar-refractivity contribution in [1.82, 2.24) is 10.3 Å². The summed E-state index contributed by atoms with van der Waals surface area (Å²) in [5.41, 5.74) is 3.43. The number of hydrogen-bond donors (Lipinski definition) is 2. The van der Waals surface area contributed by atoms with Crippen LogP contribution in [0.4, 0.5) is 11.4 Å². The number of nitrogens with zero attached hydrogens (tertiary/aromatic N) is 1. The molecule has 116 valence electrons. The zero-order chi connectivity index (χ0) is 15.9. The van der Waals surface area contributed by atoms with E-state index in [0.29, 0.717) is 12.2 Å². The Morgan fingerprint density at radius 3 is 2.73 bits per heavy atom. The summed E-state index contributed by atoms with van der Waals surface area (Å²) in [6.45, 7) is 4.82. The number of amides is 1. The van der Waals surface area contributed by atoms with Gasteiger partial charge in [0.05, 0.1) is 17.6 Å². The number of carbonyl (C=O) groups excluding carboxylic acids is 1. The molecule has 2 N–H and O–H groups in total. The molecule has 0 atom stereocenters. The van der Waals surface area contributed by atoms with Gasteiger partial charge in [-0.05, 0) is 59.1 Å². The predicted octanol–water partition coefficient (Wildman–Crippen LogP) is 4.43. The van der Waals surface area contributed by atoms with E-state index in [9.17, 15) is 4.79 Å². The zero-order valence-corrected chi connectivity index (χ0v) is 14.4. The minimum atomic E-state index is -0.128. The molecule has 0 saturated heterocycles. The van der Waals surface area contributed by atoms with Gasteiger partial charge in [0, 0.05) is 11.0 Å². The Morgan fingerprint density at radius 1 is 1.27 bits per heavy atom. The third-order valence-corrected chi connectivity index (χ3v) is 3.87. The molecule has 1 amide bonds. The molecule has 1 heterocycles. The fourth-order valence-electron chi connectivity index (χ4n) is 1.95. The zero-order valence-electron chi connectivity index (χ0n) is 12.8. The monoisotopic (exact) mass is 361 g/mol. The van der Waals surface area contributed by atoms with Gasteiger partial charge in [0.1, 0.15) is 5.69 Å². The van der Waals surface area contributed by atoms with E-state index in [-0.39, 0.29) is 5.91 Å². The highest BCUT2D eigenvalue weighted by molar-refractivity contribution is 9.10. The second-order valence-electron chi connectivity index (χ2n) is 5.15. The van der Waals surface area contributed by atoms with Crippen molar-refractivity contribution in [1.29, 1.82) is 0 Å². The highest BCUT2D eigenvalue weighted by Crippen LogP contribution is 2.26. The molecule has 0 unspecified atom stereocenters. The van der Waals surface area contributed by atoms with Gasteiger partial charge >= 0.3 is 0 Å². The first-order valence-electron chi connectivity index (χ1n) is 7.37. The number of benzene rings is 1. The van der Waals surface area contributed by atoms with Crippen LogP contribution >= 0.6 is 15.9 Å². The van der Waals surface area contributed by atoms with Crippen molar-refractivity contribution in [3.8, 4) is 0 Å². The van der Waals surface area contributed by atoms with Crippen LogP contribution in [-0.2, 0) is 0 Å². The quantitative estimate of drug-likeness (QED) is 0.748. The number of halogens is 1. The van der Waals surface area contributed by atoms with Crippen LogP contribution in [0.3, 0.4) is 0 Å². The lowest BCUT2D eigenvalue weighted by molar-refractivity contribution is 0.0948. The minimum Gasteiger partial charge on any atom is -0.353 e. The lowest BCUT2D eigenvalue weighted by Crippen LogP contribution is -2.25. The predicted molar refractivity (Wildman–Crippen MR) is 93.6 cm³/mol. The van der Waals surface area contributed by atoms with Gasteiger partial charge in [-0.15, -0.1) is 0 Å². The topological polar surface area (TPSA) is 54.0 Å². The van der Waals surface area contributed by atoms with E-state index in [0.717, 1.165) is 28.7 Å². The summed E-state index contributed by atoms with van der Waals surface area (Å²) < 4.78 is 0.994. The highest BCUT2D eigenvalue weighted by atomic mass is 79.9. The Kier molecular flexibility index (Phi) is 5.95. The van der Waals surface area contributed by atoms with Gasteiger partial charge in [-0.2, -0.15) is 0 Å². The Hall–Kier alpha value is -1.88. The number of aryl methyl sites for hydroxylation is 1. The van der Waals surface area contributed by atoms with E-state index in [1.54, 1.807) is 12.3 Å². The summed E-state index contributed by atoms with van der Waals surface area (Å²) >= 11 is 3.53. The largest absolute Gasteiger partial charge is 0.353 e. The van der Waals surface area contributed by atoms with Gasteiger partial charge in [0.2, 0.25) is 0 Å². The molecule has 0 spiro atoms. The first-order chi connectivity index (χ1) is 10.6. The van der Waals surface area contributed by atoms with Crippen LogP contribution in [-0.4, -0.2) is 17.4 Å². The lowest BCUT2D eigenvalue weighted by Gasteiger charge is -2.09. The SMILES string of the molecule is CCCCNC(=O)c1ccc(Nc2ccc(C)cc2Br)cn1. The first-order valence-corrected chi connectivity index (χ1v) is 8.17. The average Bonchev–Trinajstić information content (AvgIpc) is 2.51. The summed E-state index contributed by atoms with van der Waals surface area (Å²) in [4.78, 5) is 16.1. The summed E-state index contributed by atoms with van der Waals surface area (Å²) in [5, 5.41) is 6.13. The molecule has 22 heavy (non-hydrogen) atoms. The number of hydrogen-bond acceptors (Lipinski definition) is 3. The maximum Gasteiger partial charge on any atom is 0.269 e. The Morgan fingerprint density at radius 2 is 2.09 bits per heavy atom. The van der Waals surface area contributed by atoms with Crippen molar-refractivity contribution in [3.63, 3.8) is 0 Å². The van der Waals surface area contributed by atoms with Crippen LogP contribution in [0, 0.1) is 6.92 Å². The lowest BCUT2D eigenvalue weighted by atomic mass is 10.2. The molecule has 2 rings (SSSR count). The fourth-order valence-corrected chi connectivity index (χ4v) is 2.54. The molecular weight excluding hydrogens is 342 g/mol. The molecule has 0 aliphatic rings. The molecule has 0 aliphatic carbocycles. The fraction of sp³-hybridized carbons (Fsp3) is 0.294. The molecule has 0 bridgehead atoms. The number of aromatic nitrogens is 1. The Bertz CT molecular complexity index is 641. The van der Waals surface area contributed by atoms with Crippen LogP contribution in [0.5, 0.6) is 0 Å². The molecule has 0 aliphatic heterocycles. The molecule has 0 saturated carbocycles. The first kappa shape index (κ1) is 16.5. The molecular formula is C17H20BrN3O. The third-order valence-electron chi connectivity index (χ3n) is 3.22. The van der Waals surface area contributed by atoms with Gasteiger partial charge in [0.15, 0.2) is 0 Å². The maximum absolute atomic E-state index is 11.9. The van der Waals surface area contributed by atoms with Gasteiger partial charge in [-0.3, -0.25) is 4.79 Å². The van der Waals surface area contributed by atoms with Gasteiger partial charge in [-0.1, -0.05) is 19.4 Å². The van der Waals surface area contributed by atoms with Crippen LogP contribution in [0.1, 0.15) is 35.8 Å².